The monoisotopic (exact) mass is 520 g/mol. The summed E-state index contributed by atoms with van der Waals surface area (Å²) in [5.41, 5.74) is 9.36. The van der Waals surface area contributed by atoms with Crippen LogP contribution in [0.3, 0.4) is 0 Å². The Balaban J connectivity index is 1.42. The molecule has 0 heterocycles. The lowest BCUT2D eigenvalue weighted by atomic mass is 10.1. The van der Waals surface area contributed by atoms with Gasteiger partial charge in [0.25, 0.3) is 0 Å². The third-order valence-corrected chi connectivity index (χ3v) is 6.18. The Hall–Kier alpha value is -3.68. The normalized spacial score (nSPS) is 11.2. The van der Waals surface area contributed by atoms with Crippen LogP contribution in [0, 0.1) is 0 Å². The molecular formula is C30H44N6O2. The summed E-state index contributed by atoms with van der Waals surface area (Å²) in [6, 6.07) is 16.0. The van der Waals surface area contributed by atoms with E-state index in [-0.39, 0.29) is 11.8 Å². The van der Waals surface area contributed by atoms with Crippen molar-refractivity contribution in [3.05, 3.63) is 59.7 Å². The van der Waals surface area contributed by atoms with Crippen molar-refractivity contribution in [2.24, 2.45) is 10.2 Å². The Bertz CT molecular complexity index is 931. The van der Waals surface area contributed by atoms with E-state index in [2.05, 4.69) is 21.1 Å². The van der Waals surface area contributed by atoms with Gasteiger partial charge in [-0.05, 0) is 48.2 Å². The number of anilines is 2. The molecule has 8 heteroatoms. The number of carbonyl (C=O) groups excluding carboxylic acids is 2. The number of carbonyl (C=O) groups is 2. The summed E-state index contributed by atoms with van der Waals surface area (Å²) < 4.78 is 0. The zero-order valence-corrected chi connectivity index (χ0v) is 23.4. The summed E-state index contributed by atoms with van der Waals surface area (Å²) in [7, 11) is 7.99. The molecule has 2 aromatic rings. The molecule has 0 atom stereocenters. The van der Waals surface area contributed by atoms with Crippen molar-refractivity contribution in [2.75, 3.05) is 38.0 Å². The molecule has 2 rings (SSSR count). The van der Waals surface area contributed by atoms with Gasteiger partial charge in [0.1, 0.15) is 0 Å². The Morgan fingerprint density at radius 1 is 0.579 bits per heavy atom. The third-order valence-electron chi connectivity index (χ3n) is 6.18. The average molecular weight is 521 g/mol. The highest BCUT2D eigenvalue weighted by Crippen LogP contribution is 2.13. The predicted octanol–water partition coefficient (Wildman–Crippen LogP) is 5.32. The SMILES string of the molecule is CN(C)c1ccc(C=NNC(=O)CCCCCCCCCCC(=O)NN=Cc2ccc(N(C)C)cc2)cc1. The molecule has 206 valence electrons. The molecule has 0 saturated heterocycles. The molecule has 0 aliphatic rings. The van der Waals surface area contributed by atoms with Crippen LogP contribution in [0.4, 0.5) is 11.4 Å². The summed E-state index contributed by atoms with van der Waals surface area (Å²) in [5, 5.41) is 8.10. The second-order valence-electron chi connectivity index (χ2n) is 9.89. The van der Waals surface area contributed by atoms with Gasteiger partial charge in [0.2, 0.25) is 11.8 Å². The predicted molar refractivity (Wildman–Crippen MR) is 159 cm³/mol. The zero-order chi connectivity index (χ0) is 27.6. The van der Waals surface area contributed by atoms with Crippen molar-refractivity contribution in [3.8, 4) is 0 Å². The van der Waals surface area contributed by atoms with Crippen LogP contribution in [0.5, 0.6) is 0 Å². The molecule has 0 spiro atoms. The number of rotatable bonds is 17. The number of benzene rings is 2. The molecule has 2 aromatic carbocycles. The lowest BCUT2D eigenvalue weighted by Gasteiger charge is -2.11. The number of amides is 2. The van der Waals surface area contributed by atoms with Crippen LogP contribution >= 0.6 is 0 Å². The van der Waals surface area contributed by atoms with Gasteiger partial charge in [-0.3, -0.25) is 9.59 Å². The molecule has 2 amide bonds. The number of hydrazone groups is 2. The van der Waals surface area contributed by atoms with E-state index >= 15 is 0 Å². The van der Waals surface area contributed by atoms with Gasteiger partial charge in [0.05, 0.1) is 12.4 Å². The number of hydrogen-bond acceptors (Lipinski definition) is 6. The first-order valence-corrected chi connectivity index (χ1v) is 13.5. The molecule has 0 fully saturated rings. The van der Waals surface area contributed by atoms with E-state index < -0.39 is 0 Å². The fourth-order valence-corrected chi connectivity index (χ4v) is 3.82. The minimum Gasteiger partial charge on any atom is -0.378 e. The number of unbranched alkanes of at least 4 members (excludes halogenated alkanes) is 7. The molecule has 2 N–H and O–H groups in total. The number of nitrogens with one attached hydrogen (secondary N) is 2. The lowest BCUT2D eigenvalue weighted by Crippen LogP contribution is -2.17. The Morgan fingerprint density at radius 3 is 1.21 bits per heavy atom. The first kappa shape index (κ1) is 30.5. The second kappa shape index (κ2) is 17.7. The summed E-state index contributed by atoms with van der Waals surface area (Å²) in [6.07, 6.45) is 12.7. The summed E-state index contributed by atoms with van der Waals surface area (Å²) in [6.45, 7) is 0. The van der Waals surface area contributed by atoms with Crippen molar-refractivity contribution in [1.82, 2.24) is 10.9 Å². The summed E-state index contributed by atoms with van der Waals surface area (Å²) in [4.78, 5) is 27.9. The first-order chi connectivity index (χ1) is 18.3. The first-order valence-electron chi connectivity index (χ1n) is 13.5. The van der Waals surface area contributed by atoms with Crippen LogP contribution in [0.25, 0.3) is 0 Å². The van der Waals surface area contributed by atoms with E-state index in [9.17, 15) is 9.59 Å². The summed E-state index contributed by atoms with van der Waals surface area (Å²) >= 11 is 0. The van der Waals surface area contributed by atoms with Gasteiger partial charge in [0, 0.05) is 52.4 Å². The van der Waals surface area contributed by atoms with Gasteiger partial charge >= 0.3 is 0 Å². The van der Waals surface area contributed by atoms with Gasteiger partial charge in [-0.1, -0.05) is 62.8 Å². The van der Waals surface area contributed by atoms with E-state index in [4.69, 9.17) is 0 Å². The Morgan fingerprint density at radius 2 is 0.895 bits per heavy atom. The van der Waals surface area contributed by atoms with Crippen LogP contribution in [0.2, 0.25) is 0 Å². The van der Waals surface area contributed by atoms with Crippen LogP contribution in [-0.2, 0) is 9.59 Å². The van der Waals surface area contributed by atoms with E-state index in [0.717, 1.165) is 73.9 Å². The smallest absolute Gasteiger partial charge is 0.240 e. The van der Waals surface area contributed by atoms with Gasteiger partial charge in [-0.15, -0.1) is 0 Å². The van der Waals surface area contributed by atoms with Crippen LogP contribution in [0.15, 0.2) is 58.7 Å². The van der Waals surface area contributed by atoms with Crippen LogP contribution < -0.4 is 20.7 Å². The van der Waals surface area contributed by atoms with E-state index in [1.54, 1.807) is 12.4 Å². The molecule has 0 aliphatic carbocycles. The van der Waals surface area contributed by atoms with E-state index in [0.29, 0.717) is 12.8 Å². The van der Waals surface area contributed by atoms with Crippen molar-refractivity contribution in [3.63, 3.8) is 0 Å². The van der Waals surface area contributed by atoms with Crippen molar-refractivity contribution < 1.29 is 9.59 Å². The largest absolute Gasteiger partial charge is 0.378 e. The van der Waals surface area contributed by atoms with Crippen molar-refractivity contribution in [1.29, 1.82) is 0 Å². The standard InChI is InChI=1S/C30H44N6O2/c1-35(2)27-19-15-25(16-20-27)23-31-33-29(37)13-11-9-7-5-6-8-10-12-14-30(38)34-32-24-26-17-21-28(22-18-26)36(3)4/h15-24H,5-14H2,1-4H3,(H,33,37)(H,34,38). The highest BCUT2D eigenvalue weighted by Gasteiger charge is 2.02. The van der Waals surface area contributed by atoms with Gasteiger partial charge in [0.15, 0.2) is 0 Å². The minimum absolute atomic E-state index is 0.0454. The van der Waals surface area contributed by atoms with Crippen LogP contribution in [-0.4, -0.2) is 52.4 Å². The summed E-state index contributed by atoms with van der Waals surface area (Å²) in [5.74, 6) is -0.0907. The molecule has 0 bridgehead atoms. The molecule has 8 nitrogen and oxygen atoms in total. The highest BCUT2D eigenvalue weighted by atomic mass is 16.2. The number of nitrogens with zero attached hydrogens (tertiary/aromatic N) is 4. The van der Waals surface area contributed by atoms with Gasteiger partial charge in [-0.2, -0.15) is 10.2 Å². The topological polar surface area (TPSA) is 89.4 Å². The average Bonchev–Trinajstić information content (AvgIpc) is 2.90. The maximum absolute atomic E-state index is 11.9. The molecule has 0 saturated carbocycles. The zero-order valence-electron chi connectivity index (χ0n) is 23.4. The van der Waals surface area contributed by atoms with Gasteiger partial charge in [-0.25, -0.2) is 10.9 Å². The maximum Gasteiger partial charge on any atom is 0.240 e. The fraction of sp³-hybridized carbons (Fsp3) is 0.467. The number of hydrogen-bond donors (Lipinski definition) is 2. The van der Waals surface area contributed by atoms with E-state index in [1.807, 2.05) is 86.5 Å². The molecule has 0 aromatic heterocycles. The maximum atomic E-state index is 11.9. The Kier molecular flexibility index (Phi) is 14.2. The van der Waals surface area contributed by atoms with Gasteiger partial charge < -0.3 is 9.80 Å². The molecule has 0 radical (unpaired) electrons. The molecule has 0 unspecified atom stereocenters. The molecular weight excluding hydrogens is 476 g/mol. The van der Waals surface area contributed by atoms with Crippen molar-refractivity contribution in [2.45, 2.75) is 64.2 Å². The Labute approximate surface area is 228 Å². The highest BCUT2D eigenvalue weighted by molar-refractivity contribution is 5.83. The lowest BCUT2D eigenvalue weighted by molar-refractivity contribution is -0.122. The minimum atomic E-state index is -0.0454. The second-order valence-corrected chi connectivity index (χ2v) is 9.89. The third kappa shape index (κ3) is 13.0. The quantitative estimate of drug-likeness (QED) is 0.168. The molecule has 38 heavy (non-hydrogen) atoms. The molecule has 0 aliphatic heterocycles. The van der Waals surface area contributed by atoms with Crippen molar-refractivity contribution >= 4 is 35.6 Å². The van der Waals surface area contributed by atoms with Crippen LogP contribution in [0.1, 0.15) is 75.3 Å². The van der Waals surface area contributed by atoms with E-state index in [1.165, 1.54) is 0 Å². The fourth-order valence-electron chi connectivity index (χ4n) is 3.82.